The summed E-state index contributed by atoms with van der Waals surface area (Å²) in [5, 5.41) is 3.70. The van der Waals surface area contributed by atoms with Gasteiger partial charge in [-0.25, -0.2) is 0 Å². The summed E-state index contributed by atoms with van der Waals surface area (Å²) in [4.78, 5) is 0. The number of ether oxygens (including phenoxy) is 1. The molecule has 18 heavy (non-hydrogen) atoms. The molecule has 2 rings (SSSR count). The second-order valence-electron chi connectivity index (χ2n) is 6.36. The normalized spacial score (nSPS) is 32.2. The van der Waals surface area contributed by atoms with E-state index in [1.54, 1.807) is 0 Å². The SMILES string of the molecule is CCCC(C)OC1CC(NCC)C12CCCCC2. The second-order valence-corrected chi connectivity index (χ2v) is 6.36. The molecule has 3 unspecified atom stereocenters. The Balaban J connectivity index is 1.94. The fourth-order valence-corrected chi connectivity index (χ4v) is 4.11. The van der Waals surface area contributed by atoms with Crippen LogP contribution in [0.1, 0.15) is 72.1 Å². The van der Waals surface area contributed by atoms with E-state index in [1.165, 1.54) is 51.4 Å². The smallest absolute Gasteiger partial charge is 0.0664 e. The van der Waals surface area contributed by atoms with Gasteiger partial charge in [-0.3, -0.25) is 0 Å². The van der Waals surface area contributed by atoms with Gasteiger partial charge in [-0.05, 0) is 39.2 Å². The molecular formula is C16H31NO. The fourth-order valence-electron chi connectivity index (χ4n) is 4.11. The lowest BCUT2D eigenvalue weighted by atomic mass is 9.55. The molecule has 2 fully saturated rings. The Bertz CT molecular complexity index is 247. The minimum Gasteiger partial charge on any atom is -0.375 e. The van der Waals surface area contributed by atoms with Crippen molar-refractivity contribution in [2.24, 2.45) is 5.41 Å². The summed E-state index contributed by atoms with van der Waals surface area (Å²) in [6, 6.07) is 0.724. The fraction of sp³-hybridized carbons (Fsp3) is 1.00. The average Bonchev–Trinajstić information content (AvgIpc) is 2.39. The summed E-state index contributed by atoms with van der Waals surface area (Å²) in [5.41, 5.74) is 0.482. The molecule has 1 spiro atoms. The van der Waals surface area contributed by atoms with Gasteiger partial charge >= 0.3 is 0 Å². The van der Waals surface area contributed by atoms with E-state index in [0.717, 1.165) is 12.6 Å². The molecule has 106 valence electrons. The van der Waals surface area contributed by atoms with Crippen molar-refractivity contribution in [1.82, 2.24) is 5.32 Å². The van der Waals surface area contributed by atoms with Gasteiger partial charge in [-0.2, -0.15) is 0 Å². The molecule has 2 nitrogen and oxygen atoms in total. The maximum atomic E-state index is 6.36. The summed E-state index contributed by atoms with van der Waals surface area (Å²) in [6.07, 6.45) is 11.7. The highest BCUT2D eigenvalue weighted by Gasteiger charge is 2.55. The average molecular weight is 253 g/mol. The number of hydrogen-bond acceptors (Lipinski definition) is 2. The van der Waals surface area contributed by atoms with Crippen LogP contribution < -0.4 is 5.32 Å². The maximum Gasteiger partial charge on any atom is 0.0664 e. The molecule has 2 aliphatic rings. The van der Waals surface area contributed by atoms with Gasteiger partial charge in [0.15, 0.2) is 0 Å². The van der Waals surface area contributed by atoms with Crippen molar-refractivity contribution in [3.8, 4) is 0 Å². The zero-order valence-corrected chi connectivity index (χ0v) is 12.5. The molecule has 0 aromatic rings. The van der Waals surface area contributed by atoms with E-state index in [0.29, 0.717) is 17.6 Å². The quantitative estimate of drug-likeness (QED) is 0.775. The number of rotatable bonds is 6. The number of hydrogen-bond donors (Lipinski definition) is 1. The molecule has 2 heteroatoms. The molecule has 1 N–H and O–H groups in total. The monoisotopic (exact) mass is 253 g/mol. The summed E-state index contributed by atoms with van der Waals surface area (Å²) < 4.78 is 6.36. The Hall–Kier alpha value is -0.0800. The van der Waals surface area contributed by atoms with Crippen molar-refractivity contribution in [2.75, 3.05) is 6.54 Å². The van der Waals surface area contributed by atoms with E-state index in [-0.39, 0.29) is 0 Å². The highest BCUT2D eigenvalue weighted by molar-refractivity contribution is 5.09. The topological polar surface area (TPSA) is 21.3 Å². The lowest BCUT2D eigenvalue weighted by Gasteiger charge is -2.58. The van der Waals surface area contributed by atoms with Gasteiger partial charge in [-0.15, -0.1) is 0 Å². The summed E-state index contributed by atoms with van der Waals surface area (Å²) >= 11 is 0. The standard InChI is InChI=1S/C16H31NO/c1-4-9-13(3)18-15-12-14(17-5-2)16(15)10-7-6-8-11-16/h13-15,17H,4-12H2,1-3H3. The van der Waals surface area contributed by atoms with Gasteiger partial charge in [0.25, 0.3) is 0 Å². The molecule has 3 atom stereocenters. The van der Waals surface area contributed by atoms with Gasteiger partial charge in [0.1, 0.15) is 0 Å². The van der Waals surface area contributed by atoms with E-state index in [9.17, 15) is 0 Å². The number of nitrogens with one attached hydrogen (secondary N) is 1. The molecule has 0 saturated heterocycles. The predicted octanol–water partition coefficient (Wildman–Crippen LogP) is 3.89. The molecule has 0 aromatic carbocycles. The molecule has 0 bridgehead atoms. The van der Waals surface area contributed by atoms with Crippen molar-refractivity contribution < 1.29 is 4.74 Å². The van der Waals surface area contributed by atoms with Crippen LogP contribution >= 0.6 is 0 Å². The van der Waals surface area contributed by atoms with Crippen molar-refractivity contribution in [3.05, 3.63) is 0 Å². The zero-order chi connectivity index (χ0) is 13.0. The third-order valence-corrected chi connectivity index (χ3v) is 5.11. The molecule has 2 saturated carbocycles. The first-order valence-electron chi connectivity index (χ1n) is 8.11. The Morgan fingerprint density at radius 2 is 1.94 bits per heavy atom. The molecule has 0 amide bonds. The van der Waals surface area contributed by atoms with Crippen LogP contribution in [0.4, 0.5) is 0 Å². The van der Waals surface area contributed by atoms with Gasteiger partial charge in [0, 0.05) is 11.5 Å². The molecule has 0 aromatic heterocycles. The molecule has 0 radical (unpaired) electrons. The van der Waals surface area contributed by atoms with Crippen LogP contribution in [0.15, 0.2) is 0 Å². The predicted molar refractivity (Wildman–Crippen MR) is 76.8 cm³/mol. The van der Waals surface area contributed by atoms with Crippen LogP contribution in [0.5, 0.6) is 0 Å². The van der Waals surface area contributed by atoms with Crippen LogP contribution in [0.3, 0.4) is 0 Å². The highest BCUT2D eigenvalue weighted by Crippen LogP contribution is 2.53. The minimum absolute atomic E-state index is 0.446. The van der Waals surface area contributed by atoms with Crippen LogP contribution in [-0.2, 0) is 4.74 Å². The van der Waals surface area contributed by atoms with Crippen LogP contribution in [-0.4, -0.2) is 24.8 Å². The lowest BCUT2D eigenvalue weighted by molar-refractivity contribution is -0.173. The summed E-state index contributed by atoms with van der Waals surface area (Å²) in [7, 11) is 0. The first kappa shape index (κ1) is 14.3. The summed E-state index contributed by atoms with van der Waals surface area (Å²) in [5.74, 6) is 0. The van der Waals surface area contributed by atoms with E-state index in [2.05, 4.69) is 26.1 Å². The van der Waals surface area contributed by atoms with Gasteiger partial charge < -0.3 is 10.1 Å². The molecule has 0 aliphatic heterocycles. The van der Waals surface area contributed by atoms with Crippen molar-refractivity contribution in [3.63, 3.8) is 0 Å². The van der Waals surface area contributed by atoms with E-state index in [1.807, 2.05) is 0 Å². The maximum absolute atomic E-state index is 6.36. The molecule has 0 heterocycles. The lowest BCUT2D eigenvalue weighted by Crippen LogP contribution is -2.64. The van der Waals surface area contributed by atoms with Gasteiger partial charge in [-0.1, -0.05) is 39.5 Å². The highest BCUT2D eigenvalue weighted by atomic mass is 16.5. The van der Waals surface area contributed by atoms with Crippen molar-refractivity contribution >= 4 is 0 Å². The third-order valence-electron chi connectivity index (χ3n) is 5.11. The third kappa shape index (κ3) is 2.75. The first-order chi connectivity index (χ1) is 8.73. The van der Waals surface area contributed by atoms with E-state index >= 15 is 0 Å². The summed E-state index contributed by atoms with van der Waals surface area (Å²) in [6.45, 7) is 7.83. The van der Waals surface area contributed by atoms with Gasteiger partial charge in [0.05, 0.1) is 12.2 Å². The van der Waals surface area contributed by atoms with Crippen LogP contribution in [0.2, 0.25) is 0 Å². The van der Waals surface area contributed by atoms with Crippen LogP contribution in [0, 0.1) is 5.41 Å². The first-order valence-corrected chi connectivity index (χ1v) is 8.11. The minimum atomic E-state index is 0.446. The largest absolute Gasteiger partial charge is 0.375 e. The van der Waals surface area contributed by atoms with E-state index < -0.39 is 0 Å². The molecular weight excluding hydrogens is 222 g/mol. The Morgan fingerprint density at radius 1 is 1.22 bits per heavy atom. The van der Waals surface area contributed by atoms with Crippen LogP contribution in [0.25, 0.3) is 0 Å². The Labute approximate surface area is 113 Å². The van der Waals surface area contributed by atoms with E-state index in [4.69, 9.17) is 4.74 Å². The van der Waals surface area contributed by atoms with Gasteiger partial charge in [0.2, 0.25) is 0 Å². The Morgan fingerprint density at radius 3 is 2.56 bits per heavy atom. The second kappa shape index (κ2) is 6.38. The van der Waals surface area contributed by atoms with Crippen molar-refractivity contribution in [1.29, 1.82) is 0 Å². The Kier molecular flexibility index (Phi) is 5.08. The zero-order valence-electron chi connectivity index (χ0n) is 12.5. The van der Waals surface area contributed by atoms with Crippen molar-refractivity contribution in [2.45, 2.75) is 90.4 Å². The molecule has 2 aliphatic carbocycles.